The number of ether oxygens (including phenoxy) is 1. The van der Waals surface area contributed by atoms with E-state index in [0.29, 0.717) is 0 Å². The predicted molar refractivity (Wildman–Crippen MR) is 104 cm³/mol. The summed E-state index contributed by atoms with van der Waals surface area (Å²) in [6, 6.07) is 4.26. The molecule has 2 fully saturated rings. The highest BCUT2D eigenvalue weighted by Crippen LogP contribution is 2.28. The van der Waals surface area contributed by atoms with Crippen molar-refractivity contribution >= 4 is 33.4 Å². The van der Waals surface area contributed by atoms with Crippen molar-refractivity contribution in [3.05, 3.63) is 28.8 Å². The normalized spacial score (nSPS) is 23.2. The third-order valence-electron chi connectivity index (χ3n) is 4.55. The maximum atomic E-state index is 13.1. The molecule has 2 amide bonds. The Morgan fingerprint density at radius 3 is 2.46 bits per heavy atom. The van der Waals surface area contributed by atoms with E-state index in [9.17, 15) is 18.0 Å². The Morgan fingerprint density at radius 2 is 1.86 bits per heavy atom. The Morgan fingerprint density at radius 1 is 1.21 bits per heavy atom. The lowest BCUT2D eigenvalue weighted by Gasteiger charge is -2.34. The van der Waals surface area contributed by atoms with Gasteiger partial charge in [-0.1, -0.05) is 11.6 Å². The topological polar surface area (TPSA) is 105 Å². The molecule has 1 aromatic carbocycles. The third-order valence-corrected chi connectivity index (χ3v) is 6.86. The highest BCUT2D eigenvalue weighted by atomic mass is 35.5. The van der Waals surface area contributed by atoms with Gasteiger partial charge in [-0.25, -0.2) is 8.42 Å². The van der Waals surface area contributed by atoms with Crippen LogP contribution in [0.2, 0.25) is 5.02 Å². The van der Waals surface area contributed by atoms with Crippen LogP contribution in [0.3, 0.4) is 0 Å². The van der Waals surface area contributed by atoms with Gasteiger partial charge in [0.1, 0.15) is 4.90 Å². The number of carbonyl (C=O) groups excluding carboxylic acids is 2. The number of amides is 2. The molecule has 0 aromatic heterocycles. The molecule has 1 aromatic rings. The van der Waals surface area contributed by atoms with E-state index in [2.05, 4.69) is 10.6 Å². The van der Waals surface area contributed by atoms with Gasteiger partial charge in [-0.2, -0.15) is 4.31 Å². The van der Waals surface area contributed by atoms with Gasteiger partial charge in [-0.15, -0.1) is 0 Å². The summed E-state index contributed by atoms with van der Waals surface area (Å²) in [7, 11) is -3.89. The van der Waals surface area contributed by atoms with Crippen LogP contribution in [0.1, 0.15) is 37.0 Å². The Kier molecular flexibility index (Phi) is 6.28. The Labute approximate surface area is 169 Å². The van der Waals surface area contributed by atoms with Crippen LogP contribution in [-0.4, -0.2) is 62.4 Å². The minimum Gasteiger partial charge on any atom is -0.373 e. The lowest BCUT2D eigenvalue weighted by Crippen LogP contribution is -2.48. The molecule has 3 rings (SSSR count). The fourth-order valence-corrected chi connectivity index (χ4v) is 5.17. The van der Waals surface area contributed by atoms with Gasteiger partial charge in [0.05, 0.1) is 23.8 Å². The number of halogens is 1. The number of benzene rings is 1. The van der Waals surface area contributed by atoms with Gasteiger partial charge in [0, 0.05) is 24.7 Å². The highest BCUT2D eigenvalue weighted by molar-refractivity contribution is 7.89. The van der Waals surface area contributed by atoms with Crippen molar-refractivity contribution < 1.29 is 22.7 Å². The Bertz CT molecular complexity index is 862. The van der Waals surface area contributed by atoms with Gasteiger partial charge in [-0.3, -0.25) is 9.59 Å². The maximum Gasteiger partial charge on any atom is 0.251 e. The van der Waals surface area contributed by atoms with Crippen LogP contribution in [0.4, 0.5) is 0 Å². The lowest BCUT2D eigenvalue weighted by atomic mass is 10.2. The molecule has 1 aliphatic heterocycles. The summed E-state index contributed by atoms with van der Waals surface area (Å²) >= 11 is 6.14. The van der Waals surface area contributed by atoms with Crippen LogP contribution >= 0.6 is 11.6 Å². The van der Waals surface area contributed by atoms with Gasteiger partial charge >= 0.3 is 0 Å². The number of hydrogen-bond acceptors (Lipinski definition) is 5. The predicted octanol–water partition coefficient (Wildman–Crippen LogP) is 1.15. The number of hydrogen-bond donors (Lipinski definition) is 2. The number of nitrogens with one attached hydrogen (secondary N) is 2. The fourth-order valence-electron chi connectivity index (χ4n) is 3.08. The first-order valence-corrected chi connectivity index (χ1v) is 11.0. The zero-order valence-corrected chi connectivity index (χ0v) is 17.3. The van der Waals surface area contributed by atoms with Crippen LogP contribution in [0.25, 0.3) is 0 Å². The van der Waals surface area contributed by atoms with Gasteiger partial charge in [0.15, 0.2) is 0 Å². The number of rotatable bonds is 6. The highest BCUT2D eigenvalue weighted by Gasteiger charge is 2.34. The first-order valence-electron chi connectivity index (χ1n) is 9.19. The molecule has 1 aliphatic carbocycles. The smallest absolute Gasteiger partial charge is 0.251 e. The van der Waals surface area contributed by atoms with E-state index in [0.717, 1.165) is 12.8 Å². The first kappa shape index (κ1) is 21.0. The summed E-state index contributed by atoms with van der Waals surface area (Å²) in [5, 5.41) is 5.31. The molecule has 2 N–H and O–H groups in total. The van der Waals surface area contributed by atoms with Crippen molar-refractivity contribution in [1.29, 1.82) is 0 Å². The summed E-state index contributed by atoms with van der Waals surface area (Å²) in [5.41, 5.74) is 0.122. The molecular weight excluding hydrogens is 406 g/mol. The number of nitrogens with zero attached hydrogens (tertiary/aromatic N) is 1. The van der Waals surface area contributed by atoms with Crippen LogP contribution in [0.15, 0.2) is 23.1 Å². The molecule has 2 aliphatic rings. The fraction of sp³-hybridized carbons (Fsp3) is 0.556. The first-order chi connectivity index (χ1) is 13.2. The molecule has 0 radical (unpaired) electrons. The van der Waals surface area contributed by atoms with Crippen LogP contribution in [0.5, 0.6) is 0 Å². The van der Waals surface area contributed by atoms with E-state index in [1.54, 1.807) is 13.8 Å². The van der Waals surface area contributed by atoms with Crippen LogP contribution in [0, 0.1) is 0 Å². The van der Waals surface area contributed by atoms with Crippen molar-refractivity contribution in [3.8, 4) is 0 Å². The average Bonchev–Trinajstić information content (AvgIpc) is 3.43. The van der Waals surface area contributed by atoms with Crippen molar-refractivity contribution in [3.63, 3.8) is 0 Å². The van der Waals surface area contributed by atoms with Crippen molar-refractivity contribution in [2.45, 2.75) is 49.8 Å². The monoisotopic (exact) mass is 429 g/mol. The molecule has 1 saturated carbocycles. The Balaban J connectivity index is 1.74. The summed E-state index contributed by atoms with van der Waals surface area (Å²) in [6.45, 7) is 3.85. The molecule has 2 atom stereocenters. The third kappa shape index (κ3) is 5.02. The van der Waals surface area contributed by atoms with Gasteiger partial charge in [0.25, 0.3) is 5.91 Å². The lowest BCUT2D eigenvalue weighted by molar-refractivity contribution is -0.120. The molecule has 154 valence electrons. The maximum absolute atomic E-state index is 13.1. The number of morpholine rings is 1. The largest absolute Gasteiger partial charge is 0.373 e. The summed E-state index contributed by atoms with van der Waals surface area (Å²) in [6.07, 6.45) is 1.43. The average molecular weight is 430 g/mol. The second-order valence-electron chi connectivity index (χ2n) is 7.25. The zero-order valence-electron chi connectivity index (χ0n) is 15.8. The van der Waals surface area contributed by atoms with E-state index in [1.807, 2.05) is 0 Å². The second-order valence-corrected chi connectivity index (χ2v) is 9.56. The molecule has 28 heavy (non-hydrogen) atoms. The Hall–Kier alpha value is -1.68. The molecule has 2 unspecified atom stereocenters. The van der Waals surface area contributed by atoms with Gasteiger partial charge in [-0.05, 0) is 44.9 Å². The van der Waals surface area contributed by atoms with E-state index >= 15 is 0 Å². The summed E-state index contributed by atoms with van der Waals surface area (Å²) in [5.74, 6) is -0.809. The quantitative estimate of drug-likeness (QED) is 0.705. The van der Waals surface area contributed by atoms with Gasteiger partial charge in [0.2, 0.25) is 15.9 Å². The molecule has 8 nitrogen and oxygen atoms in total. The number of carbonyl (C=O) groups is 2. The minimum atomic E-state index is -3.89. The SMILES string of the molecule is CC1CN(S(=O)(=O)c2cc(C(=O)NCC(=O)NC3CC3)ccc2Cl)CC(C)O1. The van der Waals surface area contributed by atoms with E-state index in [1.165, 1.54) is 22.5 Å². The molecule has 1 heterocycles. The van der Waals surface area contributed by atoms with E-state index in [-0.39, 0.29) is 59.3 Å². The van der Waals surface area contributed by atoms with Crippen molar-refractivity contribution in [1.82, 2.24) is 14.9 Å². The summed E-state index contributed by atoms with van der Waals surface area (Å²) in [4.78, 5) is 23.9. The van der Waals surface area contributed by atoms with Crippen LogP contribution < -0.4 is 10.6 Å². The molecule has 0 bridgehead atoms. The minimum absolute atomic E-state index is 0.0369. The van der Waals surface area contributed by atoms with Crippen LogP contribution in [-0.2, 0) is 19.6 Å². The van der Waals surface area contributed by atoms with Gasteiger partial charge < -0.3 is 15.4 Å². The number of sulfonamides is 1. The molecular formula is C18H24ClN3O5S. The van der Waals surface area contributed by atoms with E-state index in [4.69, 9.17) is 16.3 Å². The zero-order chi connectivity index (χ0) is 20.5. The van der Waals surface area contributed by atoms with Crippen molar-refractivity contribution in [2.24, 2.45) is 0 Å². The molecule has 1 saturated heterocycles. The second kappa shape index (κ2) is 8.36. The molecule has 10 heteroatoms. The van der Waals surface area contributed by atoms with Crippen molar-refractivity contribution in [2.75, 3.05) is 19.6 Å². The van der Waals surface area contributed by atoms with E-state index < -0.39 is 15.9 Å². The standard InChI is InChI=1S/C18H24ClN3O5S/c1-11-9-22(10-12(2)27-11)28(25,26)16-7-13(3-6-15(16)19)18(24)20-8-17(23)21-14-4-5-14/h3,6-7,11-12,14H,4-5,8-10H2,1-2H3,(H,20,24)(H,21,23). The summed E-state index contributed by atoms with van der Waals surface area (Å²) < 4.78 is 33.0. The molecule has 0 spiro atoms.